The Bertz CT molecular complexity index is 1310. The highest BCUT2D eigenvalue weighted by atomic mass is 32.2. The van der Waals surface area contributed by atoms with Crippen LogP contribution in [0.4, 0.5) is 13.9 Å². The molecule has 1 fully saturated rings. The van der Waals surface area contributed by atoms with Crippen LogP contribution in [-0.4, -0.2) is 38.7 Å². The number of nitrogens with zero attached hydrogens (tertiary/aromatic N) is 3. The summed E-state index contributed by atoms with van der Waals surface area (Å²) in [7, 11) is 0.247. The number of halogens is 2. The van der Waals surface area contributed by atoms with Gasteiger partial charge in [0.2, 0.25) is 5.13 Å². The van der Waals surface area contributed by atoms with Crippen LogP contribution in [0.1, 0.15) is 45.9 Å². The van der Waals surface area contributed by atoms with Gasteiger partial charge >= 0.3 is 0 Å². The van der Waals surface area contributed by atoms with Crippen LogP contribution in [0, 0.1) is 17.8 Å². The Morgan fingerprint density at radius 1 is 1.29 bits per heavy atom. The third kappa shape index (κ3) is 5.81. The van der Waals surface area contributed by atoms with E-state index >= 15 is 0 Å². The highest BCUT2D eigenvalue weighted by Gasteiger charge is 2.21. The second-order valence-electron chi connectivity index (χ2n) is 7.62. The Hall–Kier alpha value is -3.23. The maximum atomic E-state index is 13.4. The summed E-state index contributed by atoms with van der Waals surface area (Å²) >= 11 is 1.15. The standard InChI is InChI=1S/C23H20F2N4O3S2/c1-32-19-11-26-18(21(24)25)10-17(19)16-9-14(12-34(2)31)5-7-15(16)22(30)27-23-29-28-20(33-23)8-6-13-3-4-13/h5,7,9-11,13,21H,3-4,12H2,1-2H3,(H,27,29,30). The van der Waals surface area contributed by atoms with E-state index < -0.39 is 28.8 Å². The molecule has 0 radical (unpaired) electrons. The fraction of sp³-hybridized carbons (Fsp3) is 0.304. The van der Waals surface area contributed by atoms with Gasteiger partial charge in [-0.25, -0.2) is 8.78 Å². The van der Waals surface area contributed by atoms with Gasteiger partial charge in [-0.1, -0.05) is 23.3 Å². The second kappa shape index (κ2) is 10.4. The van der Waals surface area contributed by atoms with Gasteiger partial charge in [-0.15, -0.1) is 10.2 Å². The van der Waals surface area contributed by atoms with E-state index in [0.717, 1.165) is 24.2 Å². The molecular weight excluding hydrogens is 482 g/mol. The van der Waals surface area contributed by atoms with Crippen LogP contribution in [0.15, 0.2) is 30.5 Å². The van der Waals surface area contributed by atoms with Gasteiger partial charge < -0.3 is 4.74 Å². The number of pyridine rings is 1. The maximum absolute atomic E-state index is 13.4. The van der Waals surface area contributed by atoms with Crippen molar-refractivity contribution in [3.05, 3.63) is 52.3 Å². The van der Waals surface area contributed by atoms with Gasteiger partial charge in [0.05, 0.1) is 13.3 Å². The summed E-state index contributed by atoms with van der Waals surface area (Å²) in [6, 6.07) is 6.08. The van der Waals surface area contributed by atoms with Crippen molar-refractivity contribution in [1.82, 2.24) is 15.2 Å². The van der Waals surface area contributed by atoms with Crippen molar-refractivity contribution in [2.24, 2.45) is 5.92 Å². The van der Waals surface area contributed by atoms with E-state index in [1.807, 2.05) is 0 Å². The average molecular weight is 503 g/mol. The summed E-state index contributed by atoms with van der Waals surface area (Å²) < 4.78 is 43.8. The molecule has 1 aliphatic rings. The first-order chi connectivity index (χ1) is 16.3. The molecule has 1 aromatic carbocycles. The minimum Gasteiger partial charge on any atom is -0.494 e. The monoisotopic (exact) mass is 502 g/mol. The zero-order valence-electron chi connectivity index (χ0n) is 18.3. The summed E-state index contributed by atoms with van der Waals surface area (Å²) in [5, 5.41) is 11.4. The molecule has 1 saturated carbocycles. The van der Waals surface area contributed by atoms with Crippen LogP contribution >= 0.6 is 11.3 Å². The SMILES string of the molecule is COc1cnc(C(F)F)cc1-c1cc(CS(C)=O)ccc1C(=O)Nc1nnc(C#CC2CC2)s1. The van der Waals surface area contributed by atoms with Crippen molar-refractivity contribution in [3.8, 4) is 28.7 Å². The number of aromatic nitrogens is 3. The van der Waals surface area contributed by atoms with E-state index in [2.05, 4.69) is 32.3 Å². The molecule has 0 aliphatic heterocycles. The molecule has 2 heterocycles. The maximum Gasteiger partial charge on any atom is 0.280 e. The van der Waals surface area contributed by atoms with Crippen molar-refractivity contribution in [2.75, 3.05) is 18.7 Å². The fourth-order valence-electron chi connectivity index (χ4n) is 3.17. The number of amides is 1. The topological polar surface area (TPSA) is 94.1 Å². The highest BCUT2D eigenvalue weighted by Crippen LogP contribution is 2.36. The summed E-state index contributed by atoms with van der Waals surface area (Å²) in [5.41, 5.74) is 1.05. The number of benzene rings is 1. The molecule has 3 aromatic rings. The summed E-state index contributed by atoms with van der Waals surface area (Å²) in [4.78, 5) is 16.9. The Kier molecular flexibility index (Phi) is 7.29. The summed E-state index contributed by atoms with van der Waals surface area (Å²) in [5.74, 6) is 6.41. The number of nitrogens with one attached hydrogen (secondary N) is 1. The fourth-order valence-corrected chi connectivity index (χ4v) is 4.42. The molecule has 1 N–H and O–H groups in total. The van der Waals surface area contributed by atoms with E-state index in [1.54, 1.807) is 24.5 Å². The first-order valence-electron chi connectivity index (χ1n) is 10.3. The Morgan fingerprint density at radius 3 is 2.76 bits per heavy atom. The number of hydrogen-bond acceptors (Lipinski definition) is 7. The molecule has 1 atom stereocenters. The Balaban J connectivity index is 1.71. The molecule has 4 rings (SSSR count). The predicted molar refractivity (Wildman–Crippen MR) is 126 cm³/mol. The molecule has 34 heavy (non-hydrogen) atoms. The third-order valence-electron chi connectivity index (χ3n) is 4.93. The van der Waals surface area contributed by atoms with Crippen LogP contribution in [0.25, 0.3) is 11.1 Å². The number of methoxy groups -OCH3 is 1. The highest BCUT2D eigenvalue weighted by molar-refractivity contribution is 7.83. The van der Waals surface area contributed by atoms with E-state index in [0.29, 0.717) is 22.1 Å². The molecule has 0 spiro atoms. The quantitative estimate of drug-likeness (QED) is 0.480. The normalized spacial score (nSPS) is 13.8. The molecule has 176 valence electrons. The zero-order chi connectivity index (χ0) is 24.2. The van der Waals surface area contributed by atoms with Crippen LogP contribution < -0.4 is 10.1 Å². The van der Waals surface area contributed by atoms with Crippen molar-refractivity contribution < 1.29 is 22.5 Å². The number of ether oxygens (including phenoxy) is 1. The van der Waals surface area contributed by atoms with E-state index in [4.69, 9.17) is 4.74 Å². The number of rotatable bonds is 7. The first kappa shape index (κ1) is 23.9. The third-order valence-corrected chi connectivity index (χ3v) is 6.42. The van der Waals surface area contributed by atoms with Crippen molar-refractivity contribution >= 4 is 33.2 Å². The minimum absolute atomic E-state index is 0.205. The van der Waals surface area contributed by atoms with Gasteiger partial charge in [-0.3, -0.25) is 19.3 Å². The number of anilines is 1. The number of carbonyl (C=O) groups excluding carboxylic acids is 1. The molecule has 0 saturated heterocycles. The van der Waals surface area contributed by atoms with Gasteiger partial charge in [0.25, 0.3) is 12.3 Å². The molecule has 1 unspecified atom stereocenters. The second-order valence-corrected chi connectivity index (χ2v) is 10.0. The average Bonchev–Trinajstić information content (AvgIpc) is 3.54. The molecule has 0 bridgehead atoms. The van der Waals surface area contributed by atoms with E-state index in [1.165, 1.54) is 19.4 Å². The molecule has 1 aliphatic carbocycles. The lowest BCUT2D eigenvalue weighted by atomic mass is 9.96. The summed E-state index contributed by atoms with van der Waals surface area (Å²) in [6.45, 7) is 0. The molecule has 1 amide bonds. The Morgan fingerprint density at radius 2 is 2.09 bits per heavy atom. The van der Waals surface area contributed by atoms with Crippen molar-refractivity contribution in [2.45, 2.75) is 25.0 Å². The van der Waals surface area contributed by atoms with Gasteiger partial charge in [0, 0.05) is 39.9 Å². The van der Waals surface area contributed by atoms with Gasteiger partial charge in [0.15, 0.2) is 5.01 Å². The van der Waals surface area contributed by atoms with Crippen LogP contribution in [0.3, 0.4) is 0 Å². The smallest absolute Gasteiger partial charge is 0.280 e. The Labute approximate surface area is 201 Å². The first-order valence-corrected chi connectivity index (χ1v) is 12.8. The van der Waals surface area contributed by atoms with E-state index in [-0.39, 0.29) is 27.8 Å². The number of alkyl halides is 2. The van der Waals surface area contributed by atoms with Crippen LogP contribution in [0.5, 0.6) is 5.75 Å². The zero-order valence-corrected chi connectivity index (χ0v) is 19.9. The molecule has 11 heteroatoms. The van der Waals surface area contributed by atoms with Crippen molar-refractivity contribution in [1.29, 1.82) is 0 Å². The molecular formula is C23H20F2N4O3S2. The van der Waals surface area contributed by atoms with E-state index in [9.17, 15) is 17.8 Å². The van der Waals surface area contributed by atoms with Crippen LogP contribution in [0.2, 0.25) is 0 Å². The summed E-state index contributed by atoms with van der Waals surface area (Å²) in [6.07, 6.45) is 2.13. The lowest BCUT2D eigenvalue weighted by molar-refractivity contribution is 0.102. The number of carbonyl (C=O) groups is 1. The van der Waals surface area contributed by atoms with Gasteiger partial charge in [-0.05, 0) is 48.1 Å². The lowest BCUT2D eigenvalue weighted by Gasteiger charge is -2.15. The van der Waals surface area contributed by atoms with Crippen molar-refractivity contribution in [3.63, 3.8) is 0 Å². The lowest BCUT2D eigenvalue weighted by Crippen LogP contribution is -2.14. The predicted octanol–water partition coefficient (Wildman–Crippen LogP) is 4.44. The minimum atomic E-state index is -2.80. The molecule has 2 aromatic heterocycles. The van der Waals surface area contributed by atoms with Crippen LogP contribution in [-0.2, 0) is 16.6 Å². The molecule has 7 nitrogen and oxygen atoms in total. The van der Waals surface area contributed by atoms with Gasteiger partial charge in [0.1, 0.15) is 11.4 Å². The van der Waals surface area contributed by atoms with Gasteiger partial charge in [-0.2, -0.15) is 0 Å². The largest absolute Gasteiger partial charge is 0.494 e. The number of hydrogen-bond donors (Lipinski definition) is 1.